The Morgan fingerprint density at radius 3 is 2.46 bits per heavy atom. The number of carbonyl (C=O) groups excluding carboxylic acids is 1. The molecule has 4 aromatic rings. The molecule has 6 rings (SSSR count). The first-order valence-electron chi connectivity index (χ1n) is 14.2. The Morgan fingerprint density at radius 1 is 1.02 bits per heavy atom. The van der Waals surface area contributed by atoms with Crippen molar-refractivity contribution >= 4 is 27.7 Å². The van der Waals surface area contributed by atoms with Crippen LogP contribution in [0.4, 0.5) is 5.82 Å². The van der Waals surface area contributed by atoms with Crippen LogP contribution in [-0.2, 0) is 13.0 Å². The Labute approximate surface area is 248 Å². The molecule has 2 aliphatic heterocycles. The maximum atomic E-state index is 14.2. The summed E-state index contributed by atoms with van der Waals surface area (Å²) in [7, 11) is 0. The second-order valence-electron chi connectivity index (χ2n) is 11.2. The van der Waals surface area contributed by atoms with Crippen LogP contribution >= 0.6 is 15.9 Å². The highest BCUT2D eigenvalue weighted by molar-refractivity contribution is 9.10. The summed E-state index contributed by atoms with van der Waals surface area (Å²) < 4.78 is 4.28. The van der Waals surface area contributed by atoms with E-state index in [9.17, 15) is 9.59 Å². The summed E-state index contributed by atoms with van der Waals surface area (Å²) in [6, 6.07) is 11.3. The van der Waals surface area contributed by atoms with Gasteiger partial charge in [-0.3, -0.25) is 9.59 Å². The fourth-order valence-corrected chi connectivity index (χ4v) is 6.14. The van der Waals surface area contributed by atoms with Crippen LogP contribution in [0.2, 0.25) is 0 Å². The number of aromatic nitrogens is 5. The molecule has 0 unspecified atom stereocenters. The number of hydrogen-bond donors (Lipinski definition) is 0. The van der Waals surface area contributed by atoms with Gasteiger partial charge in [-0.1, -0.05) is 15.9 Å². The van der Waals surface area contributed by atoms with E-state index in [4.69, 9.17) is 9.97 Å². The lowest BCUT2D eigenvalue weighted by atomic mass is 9.98. The van der Waals surface area contributed by atoms with Crippen molar-refractivity contribution in [2.24, 2.45) is 0 Å². The van der Waals surface area contributed by atoms with E-state index in [0.29, 0.717) is 34.9 Å². The van der Waals surface area contributed by atoms with Crippen molar-refractivity contribution < 1.29 is 4.79 Å². The normalized spacial score (nSPS) is 17.0. The zero-order valence-electron chi connectivity index (χ0n) is 23.9. The number of anilines is 1. The molecule has 1 saturated heterocycles. The number of aryl methyl sites for hydroxylation is 3. The van der Waals surface area contributed by atoms with E-state index in [1.165, 1.54) is 19.3 Å². The summed E-state index contributed by atoms with van der Waals surface area (Å²) in [5, 5.41) is 4.66. The average molecular weight is 617 g/mol. The zero-order chi connectivity index (χ0) is 28.8. The largest absolute Gasteiger partial charge is 0.357 e. The molecule has 0 N–H and O–H groups in total. The predicted octanol–water partition coefficient (Wildman–Crippen LogP) is 5.08. The predicted molar refractivity (Wildman–Crippen MR) is 162 cm³/mol. The summed E-state index contributed by atoms with van der Waals surface area (Å²) in [6.07, 6.45) is 5.75. The SMILES string of the molecule is Cc1cc(C)n(-c2nc3c(c(=O)n2-c2ccc(N4CCCCC4)nc2)C[C@@H](C)N(C(=O)c2ccc(Br)c(C)c2)C3)n1. The number of nitrogens with zero attached hydrogens (tertiary/aromatic N) is 7. The number of halogens is 1. The van der Waals surface area contributed by atoms with Gasteiger partial charge in [-0.05, 0) is 95.3 Å². The fourth-order valence-electron chi connectivity index (χ4n) is 5.89. The van der Waals surface area contributed by atoms with Crippen molar-refractivity contribution in [2.75, 3.05) is 18.0 Å². The second-order valence-corrected chi connectivity index (χ2v) is 12.0. The molecule has 0 bridgehead atoms. The molecule has 1 atom stereocenters. The molecule has 0 spiro atoms. The van der Waals surface area contributed by atoms with Crippen LogP contribution in [0.5, 0.6) is 0 Å². The number of piperidine rings is 1. The Bertz CT molecular complexity index is 1690. The van der Waals surface area contributed by atoms with Gasteiger partial charge in [0.15, 0.2) is 0 Å². The van der Waals surface area contributed by atoms with Gasteiger partial charge >= 0.3 is 0 Å². The van der Waals surface area contributed by atoms with Crippen LogP contribution in [0.3, 0.4) is 0 Å². The third-order valence-corrected chi connectivity index (χ3v) is 9.02. The highest BCUT2D eigenvalue weighted by Gasteiger charge is 2.32. The van der Waals surface area contributed by atoms with Gasteiger partial charge in [-0.25, -0.2) is 19.2 Å². The van der Waals surface area contributed by atoms with Gasteiger partial charge in [0.2, 0.25) is 5.95 Å². The molecule has 212 valence electrons. The molecule has 5 heterocycles. The third-order valence-electron chi connectivity index (χ3n) is 8.13. The molecular formula is C31H34BrN7O2. The monoisotopic (exact) mass is 615 g/mol. The summed E-state index contributed by atoms with van der Waals surface area (Å²) in [4.78, 5) is 41.7. The van der Waals surface area contributed by atoms with Crippen molar-refractivity contribution in [3.63, 3.8) is 0 Å². The van der Waals surface area contributed by atoms with E-state index in [1.807, 2.05) is 69.0 Å². The Kier molecular flexibility index (Phi) is 7.27. The summed E-state index contributed by atoms with van der Waals surface area (Å²) in [5.41, 5.74) is 5.03. The van der Waals surface area contributed by atoms with Crippen molar-refractivity contribution in [3.05, 3.63) is 91.2 Å². The lowest BCUT2D eigenvalue weighted by molar-refractivity contribution is 0.0652. The van der Waals surface area contributed by atoms with Crippen LogP contribution in [0.25, 0.3) is 11.6 Å². The molecule has 1 amide bonds. The first-order chi connectivity index (χ1) is 19.7. The minimum atomic E-state index is -0.166. The molecule has 0 radical (unpaired) electrons. The molecular weight excluding hydrogens is 582 g/mol. The van der Waals surface area contributed by atoms with Crippen LogP contribution in [0.1, 0.15) is 64.8 Å². The smallest absolute Gasteiger partial charge is 0.263 e. The molecule has 0 aliphatic carbocycles. The number of pyridine rings is 1. The van der Waals surface area contributed by atoms with Gasteiger partial charge in [-0.2, -0.15) is 5.10 Å². The fraction of sp³-hybridized carbons (Fsp3) is 0.387. The van der Waals surface area contributed by atoms with Gasteiger partial charge in [0.25, 0.3) is 11.5 Å². The number of carbonyl (C=O) groups is 1. The molecule has 3 aromatic heterocycles. The number of rotatable bonds is 4. The molecule has 2 aliphatic rings. The summed E-state index contributed by atoms with van der Waals surface area (Å²) in [6.45, 7) is 10.1. The molecule has 9 nitrogen and oxygen atoms in total. The van der Waals surface area contributed by atoms with E-state index in [-0.39, 0.29) is 24.1 Å². The Morgan fingerprint density at radius 2 is 1.80 bits per heavy atom. The average Bonchev–Trinajstić information content (AvgIpc) is 3.32. The number of benzene rings is 1. The highest BCUT2D eigenvalue weighted by Crippen LogP contribution is 2.26. The Hall–Kier alpha value is -3.79. The highest BCUT2D eigenvalue weighted by atomic mass is 79.9. The minimum Gasteiger partial charge on any atom is -0.357 e. The maximum Gasteiger partial charge on any atom is 0.263 e. The van der Waals surface area contributed by atoms with Gasteiger partial charge in [0.05, 0.1) is 29.8 Å². The lowest BCUT2D eigenvalue weighted by Gasteiger charge is -2.34. The van der Waals surface area contributed by atoms with Crippen molar-refractivity contribution in [1.82, 2.24) is 29.2 Å². The van der Waals surface area contributed by atoms with Crippen molar-refractivity contribution in [3.8, 4) is 11.6 Å². The third kappa shape index (κ3) is 5.09. The maximum absolute atomic E-state index is 14.2. The van der Waals surface area contributed by atoms with E-state index in [1.54, 1.807) is 15.4 Å². The van der Waals surface area contributed by atoms with E-state index in [0.717, 1.165) is 40.3 Å². The second kappa shape index (κ2) is 10.9. The standard InChI is InChI=1S/C31H34BrN7O2/c1-19-14-23(8-10-26(19)32)29(40)37-18-27-25(16-21(37)3)30(41)38(31(34-27)39-22(4)15-20(2)35-39)24-9-11-28(33-17-24)36-12-6-5-7-13-36/h8-11,14-15,17,21H,5-7,12-13,16,18H2,1-4H3/t21-/m1/s1. The van der Waals surface area contributed by atoms with Crippen LogP contribution in [-0.4, -0.2) is 54.3 Å². The van der Waals surface area contributed by atoms with Gasteiger partial charge in [0.1, 0.15) is 5.82 Å². The molecule has 1 aromatic carbocycles. The molecule has 0 saturated carbocycles. The van der Waals surface area contributed by atoms with Crippen LogP contribution in [0.15, 0.2) is 51.9 Å². The van der Waals surface area contributed by atoms with Crippen LogP contribution in [0, 0.1) is 20.8 Å². The molecule has 10 heteroatoms. The van der Waals surface area contributed by atoms with E-state index in [2.05, 4.69) is 25.9 Å². The van der Waals surface area contributed by atoms with Crippen LogP contribution < -0.4 is 10.5 Å². The topological polar surface area (TPSA) is 89.2 Å². The zero-order valence-corrected chi connectivity index (χ0v) is 25.5. The molecule has 41 heavy (non-hydrogen) atoms. The first-order valence-corrected chi connectivity index (χ1v) is 15.0. The number of hydrogen-bond acceptors (Lipinski definition) is 6. The summed E-state index contributed by atoms with van der Waals surface area (Å²) in [5.74, 6) is 1.24. The Balaban J connectivity index is 1.43. The first kappa shape index (κ1) is 27.4. The quantitative estimate of drug-likeness (QED) is 0.318. The van der Waals surface area contributed by atoms with Gasteiger partial charge in [-0.15, -0.1) is 0 Å². The summed E-state index contributed by atoms with van der Waals surface area (Å²) >= 11 is 3.52. The van der Waals surface area contributed by atoms with Crippen molar-refractivity contribution in [2.45, 2.75) is 66.0 Å². The molecule has 1 fully saturated rings. The van der Waals surface area contributed by atoms with Gasteiger partial charge in [0, 0.05) is 40.4 Å². The number of amides is 1. The van der Waals surface area contributed by atoms with E-state index < -0.39 is 0 Å². The lowest BCUT2D eigenvalue weighted by Crippen LogP contribution is -2.46. The number of fused-ring (bicyclic) bond motifs is 1. The minimum absolute atomic E-state index is 0.0742. The van der Waals surface area contributed by atoms with E-state index >= 15 is 0 Å². The van der Waals surface area contributed by atoms with Crippen molar-refractivity contribution in [1.29, 1.82) is 0 Å². The van der Waals surface area contributed by atoms with Gasteiger partial charge < -0.3 is 9.80 Å².